The van der Waals surface area contributed by atoms with Crippen molar-refractivity contribution in [2.75, 3.05) is 20.2 Å². The van der Waals surface area contributed by atoms with Crippen LogP contribution >= 0.6 is 0 Å². The van der Waals surface area contributed by atoms with E-state index in [0.717, 1.165) is 11.3 Å². The topological polar surface area (TPSA) is 100 Å². The minimum atomic E-state index is -0.265. The fourth-order valence-corrected chi connectivity index (χ4v) is 4.02. The van der Waals surface area contributed by atoms with Gasteiger partial charge in [0.2, 0.25) is 5.91 Å². The normalized spacial score (nSPS) is 17.9. The van der Waals surface area contributed by atoms with Crippen LogP contribution in [0.5, 0.6) is 5.75 Å². The molecule has 8 nitrogen and oxygen atoms in total. The molecule has 1 fully saturated rings. The molecule has 0 unspecified atom stereocenters. The van der Waals surface area contributed by atoms with Gasteiger partial charge in [-0.3, -0.25) is 14.7 Å². The average molecular weight is 434 g/mol. The van der Waals surface area contributed by atoms with Crippen LogP contribution in [0.4, 0.5) is 0 Å². The highest BCUT2D eigenvalue weighted by Gasteiger charge is 2.39. The number of hydrogen-bond donors (Lipinski definition) is 2. The van der Waals surface area contributed by atoms with Crippen LogP contribution < -0.4 is 10.1 Å². The first-order valence-electron chi connectivity index (χ1n) is 10.7. The van der Waals surface area contributed by atoms with Crippen molar-refractivity contribution in [2.45, 2.75) is 31.7 Å². The molecule has 166 valence electrons. The number of aromatic nitrogens is 3. The van der Waals surface area contributed by atoms with E-state index in [1.165, 1.54) is 0 Å². The summed E-state index contributed by atoms with van der Waals surface area (Å²) in [5.41, 5.74) is 1.63. The van der Waals surface area contributed by atoms with Crippen LogP contribution in [0.2, 0.25) is 0 Å². The second kappa shape index (κ2) is 9.64. The van der Waals surface area contributed by atoms with Gasteiger partial charge in [0, 0.05) is 25.1 Å². The number of nitrogens with zero attached hydrogens (tertiary/aromatic N) is 3. The summed E-state index contributed by atoms with van der Waals surface area (Å²) < 4.78 is 5.26. The van der Waals surface area contributed by atoms with Gasteiger partial charge in [0.1, 0.15) is 11.6 Å². The number of benzene rings is 2. The van der Waals surface area contributed by atoms with E-state index < -0.39 is 0 Å². The summed E-state index contributed by atoms with van der Waals surface area (Å²) in [4.78, 5) is 32.0. The summed E-state index contributed by atoms with van der Waals surface area (Å²) >= 11 is 0. The summed E-state index contributed by atoms with van der Waals surface area (Å²) in [6.45, 7) is 2.72. The van der Waals surface area contributed by atoms with Gasteiger partial charge in [-0.25, -0.2) is 4.98 Å². The standard InChI is InChI=1S/C24H27N5O3/c1-16-25-23(28-27-16)20-14-29(15-21(20)26-24(31)18-8-4-3-5-9-18)22(30)12-11-17-7-6-10-19(13-17)32-2/h3-10,13,20-21H,11-12,14-15H2,1-2H3,(H,26,31)(H,25,27,28)/t20-,21-/m1/s1. The summed E-state index contributed by atoms with van der Waals surface area (Å²) in [5.74, 6) is 1.80. The van der Waals surface area contributed by atoms with E-state index in [1.54, 1.807) is 24.1 Å². The molecule has 2 amide bonds. The van der Waals surface area contributed by atoms with Crippen LogP contribution in [0.3, 0.4) is 0 Å². The molecule has 1 aromatic heterocycles. The lowest BCUT2D eigenvalue weighted by atomic mass is 10.0. The molecule has 1 aliphatic heterocycles. The molecule has 1 saturated heterocycles. The van der Waals surface area contributed by atoms with E-state index in [4.69, 9.17) is 4.74 Å². The molecule has 1 aliphatic rings. The second-order valence-corrected chi connectivity index (χ2v) is 7.98. The maximum absolute atomic E-state index is 13.0. The summed E-state index contributed by atoms with van der Waals surface area (Å²) in [5, 5.41) is 10.2. The summed E-state index contributed by atoms with van der Waals surface area (Å²) in [6, 6.07) is 16.5. The fraction of sp³-hybridized carbons (Fsp3) is 0.333. The predicted molar refractivity (Wildman–Crippen MR) is 119 cm³/mol. The van der Waals surface area contributed by atoms with Crippen molar-refractivity contribution in [1.82, 2.24) is 25.4 Å². The molecular formula is C24H27N5O3. The van der Waals surface area contributed by atoms with Crippen molar-refractivity contribution >= 4 is 11.8 Å². The Kier molecular flexibility index (Phi) is 6.49. The smallest absolute Gasteiger partial charge is 0.251 e. The number of amides is 2. The van der Waals surface area contributed by atoms with Gasteiger partial charge in [-0.05, 0) is 43.2 Å². The lowest BCUT2D eigenvalue weighted by molar-refractivity contribution is -0.130. The molecule has 0 spiro atoms. The van der Waals surface area contributed by atoms with E-state index in [-0.39, 0.29) is 23.8 Å². The Morgan fingerprint density at radius 2 is 1.97 bits per heavy atom. The van der Waals surface area contributed by atoms with E-state index in [2.05, 4.69) is 20.5 Å². The highest BCUT2D eigenvalue weighted by atomic mass is 16.5. The first-order valence-corrected chi connectivity index (χ1v) is 10.7. The number of rotatable bonds is 7. The van der Waals surface area contributed by atoms with Crippen molar-refractivity contribution in [3.63, 3.8) is 0 Å². The number of methoxy groups -OCH3 is 1. The van der Waals surface area contributed by atoms with Crippen molar-refractivity contribution in [3.8, 4) is 5.75 Å². The van der Waals surface area contributed by atoms with E-state index in [1.807, 2.05) is 49.4 Å². The Bertz CT molecular complexity index is 1080. The molecule has 0 bridgehead atoms. The Morgan fingerprint density at radius 3 is 2.69 bits per heavy atom. The Hall–Kier alpha value is -3.68. The van der Waals surface area contributed by atoms with Crippen LogP contribution in [0, 0.1) is 6.92 Å². The highest BCUT2D eigenvalue weighted by molar-refractivity contribution is 5.94. The van der Waals surface area contributed by atoms with Gasteiger partial charge in [0.25, 0.3) is 5.91 Å². The van der Waals surface area contributed by atoms with Gasteiger partial charge in [0.15, 0.2) is 5.82 Å². The lowest BCUT2D eigenvalue weighted by Gasteiger charge is -2.18. The number of likely N-dealkylation sites (tertiary alicyclic amines) is 1. The number of aryl methyl sites for hydroxylation is 2. The minimum Gasteiger partial charge on any atom is -0.497 e. The van der Waals surface area contributed by atoms with E-state index in [9.17, 15) is 9.59 Å². The SMILES string of the molecule is COc1cccc(CCC(=O)N2C[C@@H](NC(=O)c3ccccc3)[C@H](c3n[nH]c(C)n3)C2)c1. The quantitative estimate of drug-likeness (QED) is 0.596. The minimum absolute atomic E-state index is 0.0431. The first-order chi connectivity index (χ1) is 15.5. The molecule has 4 rings (SSSR count). The van der Waals surface area contributed by atoms with Gasteiger partial charge in [-0.15, -0.1) is 0 Å². The van der Waals surface area contributed by atoms with Crippen LogP contribution in [0.1, 0.15) is 39.9 Å². The van der Waals surface area contributed by atoms with Gasteiger partial charge in [0.05, 0.1) is 19.1 Å². The third-order valence-corrected chi connectivity index (χ3v) is 5.73. The monoisotopic (exact) mass is 433 g/mol. The molecule has 8 heteroatoms. The van der Waals surface area contributed by atoms with Crippen LogP contribution in [-0.4, -0.2) is 58.1 Å². The average Bonchev–Trinajstić information content (AvgIpc) is 3.44. The molecule has 0 aliphatic carbocycles. The number of H-pyrrole nitrogens is 1. The molecule has 2 atom stereocenters. The molecule has 2 N–H and O–H groups in total. The van der Waals surface area contributed by atoms with Crippen molar-refractivity contribution < 1.29 is 14.3 Å². The second-order valence-electron chi connectivity index (χ2n) is 7.98. The number of ether oxygens (including phenoxy) is 1. The highest BCUT2D eigenvalue weighted by Crippen LogP contribution is 2.27. The molecule has 2 heterocycles. The van der Waals surface area contributed by atoms with E-state index in [0.29, 0.717) is 43.1 Å². The van der Waals surface area contributed by atoms with Crippen LogP contribution in [-0.2, 0) is 11.2 Å². The summed E-state index contributed by atoms with van der Waals surface area (Å²) in [6.07, 6.45) is 1.00. The Balaban J connectivity index is 1.45. The Morgan fingerprint density at radius 1 is 1.16 bits per heavy atom. The van der Waals surface area contributed by atoms with Gasteiger partial charge in [-0.2, -0.15) is 5.10 Å². The number of hydrogen-bond acceptors (Lipinski definition) is 5. The lowest BCUT2D eigenvalue weighted by Crippen LogP contribution is -2.40. The van der Waals surface area contributed by atoms with Crippen molar-refractivity contribution in [1.29, 1.82) is 0 Å². The third-order valence-electron chi connectivity index (χ3n) is 5.73. The summed E-state index contributed by atoms with van der Waals surface area (Å²) in [7, 11) is 1.63. The van der Waals surface area contributed by atoms with Crippen LogP contribution in [0.25, 0.3) is 0 Å². The largest absolute Gasteiger partial charge is 0.497 e. The molecule has 2 aromatic carbocycles. The zero-order valence-corrected chi connectivity index (χ0v) is 18.2. The van der Waals surface area contributed by atoms with Gasteiger partial charge in [-0.1, -0.05) is 30.3 Å². The number of nitrogens with one attached hydrogen (secondary N) is 2. The number of carbonyl (C=O) groups excluding carboxylic acids is 2. The third kappa shape index (κ3) is 4.96. The van der Waals surface area contributed by atoms with Crippen molar-refractivity contribution in [2.24, 2.45) is 0 Å². The number of carbonyl (C=O) groups is 2. The Labute approximate surface area is 187 Å². The maximum Gasteiger partial charge on any atom is 0.251 e. The molecular weight excluding hydrogens is 406 g/mol. The molecule has 0 saturated carbocycles. The van der Waals surface area contributed by atoms with E-state index >= 15 is 0 Å². The molecule has 32 heavy (non-hydrogen) atoms. The van der Waals surface area contributed by atoms with Crippen molar-refractivity contribution in [3.05, 3.63) is 77.4 Å². The van der Waals surface area contributed by atoms with Gasteiger partial charge < -0.3 is 15.0 Å². The number of aromatic amines is 1. The maximum atomic E-state index is 13.0. The molecule has 0 radical (unpaired) electrons. The molecule has 3 aromatic rings. The van der Waals surface area contributed by atoms with Gasteiger partial charge >= 0.3 is 0 Å². The fourth-order valence-electron chi connectivity index (χ4n) is 4.02. The van der Waals surface area contributed by atoms with Crippen LogP contribution in [0.15, 0.2) is 54.6 Å². The predicted octanol–water partition coefficient (Wildman–Crippen LogP) is 2.48. The zero-order chi connectivity index (χ0) is 22.5. The first kappa shape index (κ1) is 21.5. The zero-order valence-electron chi connectivity index (χ0n) is 18.2.